The van der Waals surface area contributed by atoms with E-state index in [0.717, 1.165) is 17.5 Å². The molecule has 0 aromatic carbocycles. The summed E-state index contributed by atoms with van der Waals surface area (Å²) < 4.78 is 44.5. The lowest BCUT2D eigenvalue weighted by molar-refractivity contribution is -0.142. The van der Waals surface area contributed by atoms with E-state index < -0.39 is 18.3 Å². The predicted molar refractivity (Wildman–Crippen MR) is 127 cm³/mol. The fourth-order valence-electron chi connectivity index (χ4n) is 4.59. The van der Waals surface area contributed by atoms with Crippen LogP contribution < -0.4 is 15.0 Å². The number of aryl methyl sites for hydroxylation is 1. The minimum Gasteiger partial charge on any atom is -0.480 e. The number of rotatable bonds is 6. The van der Waals surface area contributed by atoms with Gasteiger partial charge in [0, 0.05) is 24.0 Å². The number of anilines is 1. The number of carbonyl (C=O) groups excluding carboxylic acids is 2. The number of fused-ring (bicyclic) bond motifs is 1. The van der Waals surface area contributed by atoms with Crippen molar-refractivity contribution in [1.29, 1.82) is 0 Å². The number of nitrogens with one attached hydrogen (secondary N) is 1. The number of ether oxygens (including phenoxy) is 1. The van der Waals surface area contributed by atoms with Crippen LogP contribution in [0, 0.1) is 6.92 Å². The summed E-state index contributed by atoms with van der Waals surface area (Å²) in [5, 5.41) is 6.71. The van der Waals surface area contributed by atoms with E-state index in [1.807, 2.05) is 0 Å². The summed E-state index contributed by atoms with van der Waals surface area (Å²) in [6.45, 7) is 4.06. The van der Waals surface area contributed by atoms with Crippen molar-refractivity contribution in [1.82, 2.24) is 25.1 Å². The van der Waals surface area contributed by atoms with Crippen molar-refractivity contribution in [2.75, 3.05) is 12.0 Å². The Morgan fingerprint density at radius 1 is 1.24 bits per heavy atom. The Balaban J connectivity index is 1.53. The number of carbonyl (C=O) groups is 2. The quantitative estimate of drug-likeness (QED) is 0.534. The molecule has 0 unspecified atom stereocenters. The van der Waals surface area contributed by atoms with Gasteiger partial charge in [-0.1, -0.05) is 0 Å². The number of hydrogen-bond acceptors (Lipinski definition) is 6. The number of amides is 2. The molecule has 1 fully saturated rings. The number of pyridine rings is 2. The summed E-state index contributed by atoms with van der Waals surface area (Å²) in [5.41, 5.74) is 2.09. The molecule has 0 radical (unpaired) electrons. The van der Waals surface area contributed by atoms with Crippen molar-refractivity contribution in [3.63, 3.8) is 0 Å². The number of aromatic nitrogens is 4. The maximum absolute atomic E-state index is 13.5. The van der Waals surface area contributed by atoms with E-state index in [0.29, 0.717) is 28.1 Å². The zero-order valence-electron chi connectivity index (χ0n) is 20.7. The van der Waals surface area contributed by atoms with Gasteiger partial charge in [0.1, 0.15) is 12.1 Å². The molecule has 37 heavy (non-hydrogen) atoms. The van der Waals surface area contributed by atoms with Crippen molar-refractivity contribution in [2.24, 2.45) is 0 Å². The molecule has 1 aliphatic heterocycles. The van der Waals surface area contributed by atoms with Gasteiger partial charge in [-0.3, -0.25) is 19.2 Å². The molecular formula is C25H25F3N6O3. The second-order valence-corrected chi connectivity index (χ2v) is 9.79. The van der Waals surface area contributed by atoms with E-state index in [-0.39, 0.29) is 35.0 Å². The van der Waals surface area contributed by atoms with E-state index in [9.17, 15) is 22.8 Å². The highest BCUT2D eigenvalue weighted by Crippen LogP contribution is 2.43. The van der Waals surface area contributed by atoms with Gasteiger partial charge >= 0.3 is 6.18 Å². The lowest BCUT2D eigenvalue weighted by Crippen LogP contribution is -2.39. The smallest absolute Gasteiger partial charge is 0.408 e. The molecule has 1 N–H and O–H groups in total. The summed E-state index contributed by atoms with van der Waals surface area (Å²) in [7, 11) is 1.44. The Kier molecular flexibility index (Phi) is 5.72. The average molecular weight is 515 g/mol. The van der Waals surface area contributed by atoms with Gasteiger partial charge in [-0.15, -0.1) is 0 Å². The Hall–Kier alpha value is -3.96. The van der Waals surface area contributed by atoms with Crippen LogP contribution in [0.1, 0.15) is 58.7 Å². The molecule has 1 saturated carbocycles. The van der Waals surface area contributed by atoms with Crippen LogP contribution in [0.4, 0.5) is 18.9 Å². The number of nitrogens with zero attached hydrogens (tertiary/aromatic N) is 5. The minimum atomic E-state index is -4.44. The van der Waals surface area contributed by atoms with Gasteiger partial charge in [0.05, 0.1) is 41.5 Å². The Bertz CT molecular complexity index is 1410. The Morgan fingerprint density at radius 3 is 2.62 bits per heavy atom. The third-order valence-corrected chi connectivity index (χ3v) is 6.49. The SMILES string of the molecule is COc1ncc(-c2cc(C)c3c(n2)C(C)(C)N(c2cnn(CC(F)(F)F)c2)C3=O)cc1C(=O)NC1CC1. The van der Waals surface area contributed by atoms with Crippen LogP contribution in [-0.2, 0) is 12.1 Å². The van der Waals surface area contributed by atoms with E-state index in [2.05, 4.69) is 15.4 Å². The van der Waals surface area contributed by atoms with Crippen molar-refractivity contribution < 1.29 is 27.5 Å². The zero-order chi connectivity index (χ0) is 26.7. The Labute approximate surface area is 210 Å². The highest BCUT2D eigenvalue weighted by Gasteiger charge is 2.47. The molecule has 3 aromatic rings. The fourth-order valence-corrected chi connectivity index (χ4v) is 4.59. The molecule has 2 amide bonds. The third-order valence-electron chi connectivity index (χ3n) is 6.49. The molecular weight excluding hydrogens is 489 g/mol. The molecule has 9 nitrogen and oxygen atoms in total. The van der Waals surface area contributed by atoms with E-state index in [1.165, 1.54) is 24.4 Å². The molecule has 3 aromatic heterocycles. The van der Waals surface area contributed by atoms with Gasteiger partial charge in [-0.05, 0) is 51.3 Å². The first-order valence-corrected chi connectivity index (χ1v) is 11.7. The molecule has 194 valence electrons. The van der Waals surface area contributed by atoms with Crippen LogP contribution in [-0.4, -0.2) is 50.9 Å². The minimum absolute atomic E-state index is 0.152. The van der Waals surface area contributed by atoms with Crippen molar-refractivity contribution in [2.45, 2.75) is 57.9 Å². The van der Waals surface area contributed by atoms with E-state index >= 15 is 0 Å². The largest absolute Gasteiger partial charge is 0.480 e. The van der Waals surface area contributed by atoms with Crippen molar-refractivity contribution >= 4 is 17.5 Å². The topological polar surface area (TPSA) is 102 Å². The van der Waals surface area contributed by atoms with Crippen LogP contribution in [0.2, 0.25) is 0 Å². The van der Waals surface area contributed by atoms with Crippen LogP contribution in [0.3, 0.4) is 0 Å². The fraction of sp³-hybridized carbons (Fsp3) is 0.400. The first kappa shape index (κ1) is 24.7. The second-order valence-electron chi connectivity index (χ2n) is 9.79. The maximum Gasteiger partial charge on any atom is 0.408 e. The summed E-state index contributed by atoms with van der Waals surface area (Å²) in [4.78, 5) is 36.7. The van der Waals surface area contributed by atoms with Crippen molar-refractivity contribution in [3.8, 4) is 17.1 Å². The summed E-state index contributed by atoms with van der Waals surface area (Å²) in [6.07, 6.45) is 1.41. The van der Waals surface area contributed by atoms with Crippen LogP contribution in [0.25, 0.3) is 11.3 Å². The molecule has 0 bridgehead atoms. The van der Waals surface area contributed by atoms with E-state index in [4.69, 9.17) is 9.72 Å². The summed E-state index contributed by atoms with van der Waals surface area (Å²) >= 11 is 0. The summed E-state index contributed by atoms with van der Waals surface area (Å²) in [5.74, 6) is -0.470. The number of hydrogen-bond donors (Lipinski definition) is 1. The van der Waals surface area contributed by atoms with Crippen LogP contribution in [0.5, 0.6) is 5.88 Å². The molecule has 0 spiro atoms. The van der Waals surface area contributed by atoms with Crippen LogP contribution >= 0.6 is 0 Å². The molecule has 4 heterocycles. The van der Waals surface area contributed by atoms with Gasteiger partial charge in [0.2, 0.25) is 5.88 Å². The third kappa shape index (κ3) is 4.51. The first-order chi connectivity index (χ1) is 17.4. The molecule has 5 rings (SSSR count). The average Bonchev–Trinajstić information content (AvgIpc) is 3.48. The maximum atomic E-state index is 13.5. The normalized spacial score (nSPS) is 16.6. The number of alkyl halides is 3. The Morgan fingerprint density at radius 2 is 1.97 bits per heavy atom. The molecule has 12 heteroatoms. The molecule has 2 aliphatic rings. The number of halogens is 3. The highest BCUT2D eigenvalue weighted by molar-refractivity contribution is 6.12. The standard InChI is InChI=1S/C25H25F3N6O3/c1-13-7-18(14-8-17(22(37-4)29-9-14)21(35)31-15-5-6-15)32-20-19(13)23(36)34(24(20,2)3)16-10-30-33(11-16)12-25(26,27)28/h7-11,15H,5-6,12H2,1-4H3,(H,31,35). The summed E-state index contributed by atoms with van der Waals surface area (Å²) in [6, 6.07) is 3.54. The molecule has 0 atom stereocenters. The molecule has 1 aliphatic carbocycles. The lowest BCUT2D eigenvalue weighted by Gasteiger charge is -2.30. The lowest BCUT2D eigenvalue weighted by atomic mass is 9.96. The van der Waals surface area contributed by atoms with Gasteiger partial charge in [-0.25, -0.2) is 9.97 Å². The highest BCUT2D eigenvalue weighted by atomic mass is 19.4. The zero-order valence-corrected chi connectivity index (χ0v) is 20.7. The predicted octanol–water partition coefficient (Wildman–Crippen LogP) is 4.01. The van der Waals surface area contributed by atoms with Crippen LogP contribution in [0.15, 0.2) is 30.7 Å². The van der Waals surface area contributed by atoms with Crippen molar-refractivity contribution in [3.05, 3.63) is 53.1 Å². The van der Waals surface area contributed by atoms with Gasteiger partial charge in [-0.2, -0.15) is 18.3 Å². The van der Waals surface area contributed by atoms with Gasteiger partial charge in [0.15, 0.2) is 0 Å². The number of methoxy groups -OCH3 is 1. The van der Waals surface area contributed by atoms with Gasteiger partial charge < -0.3 is 10.1 Å². The second kappa shape index (κ2) is 8.56. The van der Waals surface area contributed by atoms with Gasteiger partial charge in [0.25, 0.3) is 11.8 Å². The first-order valence-electron chi connectivity index (χ1n) is 11.7. The molecule has 0 saturated heterocycles. The monoisotopic (exact) mass is 514 g/mol. The van der Waals surface area contributed by atoms with E-state index in [1.54, 1.807) is 39.1 Å².